The molecule has 0 bridgehead atoms. The standard InChI is InChI=1S/C21H42N6.HI/c1-10-22-21(23-12-11-13-27(15(2)3)16(4)5)24-17(6)14-20-18(7)25-26(9)19(20)8;/h15-17H,10-14H2,1-9H3,(H2,22,23,24);1H. The molecule has 1 aromatic rings. The van der Waals surface area contributed by atoms with Crippen LogP contribution < -0.4 is 10.6 Å². The number of nitrogens with one attached hydrogen (secondary N) is 2. The highest BCUT2D eigenvalue weighted by molar-refractivity contribution is 14.0. The molecule has 7 heteroatoms. The van der Waals surface area contributed by atoms with Crippen LogP contribution in [0.3, 0.4) is 0 Å². The van der Waals surface area contributed by atoms with Crippen molar-refractivity contribution in [1.82, 2.24) is 25.3 Å². The quantitative estimate of drug-likeness (QED) is 0.220. The number of aliphatic imine (C=N–C) groups is 1. The van der Waals surface area contributed by atoms with Gasteiger partial charge in [-0.15, -0.1) is 24.0 Å². The highest BCUT2D eigenvalue weighted by Gasteiger charge is 2.14. The van der Waals surface area contributed by atoms with Crippen LogP contribution in [-0.4, -0.2) is 58.4 Å². The van der Waals surface area contributed by atoms with Crippen LogP contribution in [0.1, 0.15) is 64.9 Å². The lowest BCUT2D eigenvalue weighted by molar-refractivity contribution is 0.174. The molecule has 2 N–H and O–H groups in total. The number of halogens is 1. The van der Waals surface area contributed by atoms with E-state index >= 15 is 0 Å². The fourth-order valence-corrected chi connectivity index (χ4v) is 3.58. The molecule has 0 aliphatic carbocycles. The second kappa shape index (κ2) is 13.4. The molecule has 1 aromatic heterocycles. The summed E-state index contributed by atoms with van der Waals surface area (Å²) in [4.78, 5) is 7.30. The Morgan fingerprint density at radius 2 is 1.75 bits per heavy atom. The zero-order valence-corrected chi connectivity index (χ0v) is 21.8. The average molecular weight is 507 g/mol. The number of aryl methyl sites for hydroxylation is 2. The molecule has 1 rings (SSSR count). The van der Waals surface area contributed by atoms with E-state index in [9.17, 15) is 0 Å². The van der Waals surface area contributed by atoms with Gasteiger partial charge in [-0.1, -0.05) is 0 Å². The molecule has 0 amide bonds. The molecule has 0 aliphatic heterocycles. The molecule has 0 aromatic carbocycles. The Bertz CT molecular complexity index is 586. The van der Waals surface area contributed by atoms with Gasteiger partial charge in [0.25, 0.3) is 0 Å². The van der Waals surface area contributed by atoms with Gasteiger partial charge in [-0.25, -0.2) is 0 Å². The van der Waals surface area contributed by atoms with Gasteiger partial charge in [0.05, 0.1) is 5.69 Å². The van der Waals surface area contributed by atoms with Crippen molar-refractivity contribution in [3.05, 3.63) is 17.0 Å². The first-order chi connectivity index (χ1) is 12.7. The van der Waals surface area contributed by atoms with Gasteiger partial charge in [-0.05, 0) is 73.8 Å². The summed E-state index contributed by atoms with van der Waals surface area (Å²) in [5.41, 5.74) is 3.69. The summed E-state index contributed by atoms with van der Waals surface area (Å²) in [5, 5.41) is 11.4. The van der Waals surface area contributed by atoms with Crippen molar-refractivity contribution in [2.45, 2.75) is 86.4 Å². The predicted octanol–water partition coefficient (Wildman–Crippen LogP) is 3.65. The van der Waals surface area contributed by atoms with Gasteiger partial charge in [-0.2, -0.15) is 5.10 Å². The number of nitrogens with zero attached hydrogens (tertiary/aromatic N) is 4. The first-order valence-corrected chi connectivity index (χ1v) is 10.5. The van der Waals surface area contributed by atoms with Crippen molar-refractivity contribution in [3.63, 3.8) is 0 Å². The van der Waals surface area contributed by atoms with E-state index in [4.69, 9.17) is 4.99 Å². The molecule has 1 atom stereocenters. The molecule has 0 radical (unpaired) electrons. The molecule has 1 unspecified atom stereocenters. The Balaban J connectivity index is 0.00000729. The summed E-state index contributed by atoms with van der Waals surface area (Å²) < 4.78 is 1.96. The van der Waals surface area contributed by atoms with Gasteiger partial charge in [0.15, 0.2) is 5.96 Å². The third-order valence-corrected chi connectivity index (χ3v) is 5.07. The van der Waals surface area contributed by atoms with Crippen LogP contribution in [0.15, 0.2) is 4.99 Å². The lowest BCUT2D eigenvalue weighted by Crippen LogP contribution is -2.43. The van der Waals surface area contributed by atoms with E-state index < -0.39 is 0 Å². The summed E-state index contributed by atoms with van der Waals surface area (Å²) in [6.45, 7) is 20.4. The second-order valence-corrected chi connectivity index (χ2v) is 8.06. The van der Waals surface area contributed by atoms with Gasteiger partial charge < -0.3 is 10.6 Å². The zero-order valence-electron chi connectivity index (χ0n) is 19.5. The second-order valence-electron chi connectivity index (χ2n) is 8.06. The number of hydrogen-bond donors (Lipinski definition) is 2. The van der Waals surface area contributed by atoms with Gasteiger partial charge in [0, 0.05) is 50.5 Å². The van der Waals surface area contributed by atoms with E-state index in [1.807, 2.05) is 11.7 Å². The highest BCUT2D eigenvalue weighted by atomic mass is 127. The predicted molar refractivity (Wildman–Crippen MR) is 132 cm³/mol. The van der Waals surface area contributed by atoms with Crippen LogP contribution in [0.2, 0.25) is 0 Å². The lowest BCUT2D eigenvalue weighted by Gasteiger charge is -2.30. The fraction of sp³-hybridized carbons (Fsp3) is 0.810. The van der Waals surface area contributed by atoms with E-state index in [2.05, 4.69) is 76.0 Å². The van der Waals surface area contributed by atoms with Gasteiger partial charge in [0.1, 0.15) is 0 Å². The number of hydrogen-bond acceptors (Lipinski definition) is 3. The van der Waals surface area contributed by atoms with Gasteiger partial charge in [0.2, 0.25) is 0 Å². The monoisotopic (exact) mass is 506 g/mol. The topological polar surface area (TPSA) is 57.5 Å². The van der Waals surface area contributed by atoms with Crippen LogP contribution in [0, 0.1) is 13.8 Å². The summed E-state index contributed by atoms with van der Waals surface area (Å²) in [6, 6.07) is 1.45. The molecule has 6 nitrogen and oxygen atoms in total. The summed E-state index contributed by atoms with van der Waals surface area (Å²) in [5.74, 6) is 0.907. The maximum absolute atomic E-state index is 4.78. The molecule has 0 saturated heterocycles. The van der Waals surface area contributed by atoms with Crippen molar-refractivity contribution in [3.8, 4) is 0 Å². The van der Waals surface area contributed by atoms with Crippen LogP contribution in [0.25, 0.3) is 0 Å². The van der Waals surface area contributed by atoms with E-state index in [1.54, 1.807) is 0 Å². The minimum atomic E-state index is 0. The normalized spacial score (nSPS) is 13.2. The van der Waals surface area contributed by atoms with Gasteiger partial charge >= 0.3 is 0 Å². The Morgan fingerprint density at radius 3 is 2.21 bits per heavy atom. The van der Waals surface area contributed by atoms with E-state index in [-0.39, 0.29) is 24.0 Å². The zero-order chi connectivity index (χ0) is 20.6. The average Bonchev–Trinajstić information content (AvgIpc) is 2.80. The summed E-state index contributed by atoms with van der Waals surface area (Å²) in [6.07, 6.45) is 2.02. The first-order valence-electron chi connectivity index (χ1n) is 10.5. The van der Waals surface area contributed by atoms with E-state index in [1.165, 1.54) is 11.3 Å². The molecule has 0 aliphatic rings. The number of rotatable bonds is 10. The Kier molecular flexibility index (Phi) is 13.0. The number of aromatic nitrogens is 2. The van der Waals surface area contributed by atoms with Crippen molar-refractivity contribution < 1.29 is 0 Å². The third kappa shape index (κ3) is 8.68. The van der Waals surface area contributed by atoms with Crippen LogP contribution >= 0.6 is 24.0 Å². The van der Waals surface area contributed by atoms with E-state index in [0.717, 1.165) is 44.1 Å². The molecule has 0 spiro atoms. The fourth-order valence-electron chi connectivity index (χ4n) is 3.58. The molecular weight excluding hydrogens is 463 g/mol. The van der Waals surface area contributed by atoms with Crippen LogP contribution in [0.5, 0.6) is 0 Å². The highest BCUT2D eigenvalue weighted by Crippen LogP contribution is 2.14. The van der Waals surface area contributed by atoms with Crippen LogP contribution in [-0.2, 0) is 13.5 Å². The molecule has 1 heterocycles. The molecular formula is C21H43IN6. The van der Waals surface area contributed by atoms with E-state index in [0.29, 0.717) is 18.1 Å². The Labute approximate surface area is 190 Å². The summed E-state index contributed by atoms with van der Waals surface area (Å²) >= 11 is 0. The minimum Gasteiger partial charge on any atom is -0.357 e. The van der Waals surface area contributed by atoms with Crippen molar-refractivity contribution in [2.75, 3.05) is 19.6 Å². The van der Waals surface area contributed by atoms with Crippen LogP contribution in [0.4, 0.5) is 0 Å². The van der Waals surface area contributed by atoms with Crippen molar-refractivity contribution in [2.24, 2.45) is 12.0 Å². The SMILES string of the molecule is CCNC(=NCCCN(C(C)C)C(C)C)NC(C)Cc1c(C)nn(C)c1C.I. The summed E-state index contributed by atoms with van der Waals surface area (Å²) in [7, 11) is 2.01. The molecule has 28 heavy (non-hydrogen) atoms. The Hall–Kier alpha value is -0.830. The van der Waals surface area contributed by atoms with Gasteiger partial charge in [-0.3, -0.25) is 14.6 Å². The molecule has 0 fully saturated rings. The maximum atomic E-state index is 4.78. The molecule has 164 valence electrons. The lowest BCUT2D eigenvalue weighted by atomic mass is 10.1. The first kappa shape index (κ1) is 27.2. The minimum absolute atomic E-state index is 0. The smallest absolute Gasteiger partial charge is 0.191 e. The number of guanidine groups is 1. The maximum Gasteiger partial charge on any atom is 0.191 e. The van der Waals surface area contributed by atoms with Crippen molar-refractivity contribution in [1.29, 1.82) is 0 Å². The largest absolute Gasteiger partial charge is 0.357 e. The van der Waals surface area contributed by atoms with Crippen molar-refractivity contribution >= 4 is 29.9 Å². The third-order valence-electron chi connectivity index (χ3n) is 5.07. The Morgan fingerprint density at radius 1 is 1.14 bits per heavy atom. The molecule has 0 saturated carbocycles.